The molecule has 14 heavy (non-hydrogen) atoms. The Labute approximate surface area is 90.9 Å². The minimum absolute atomic E-state index is 0.245. The third-order valence-electron chi connectivity index (χ3n) is 2.28. The van der Waals surface area contributed by atoms with Crippen LogP contribution in [0.2, 0.25) is 0 Å². The molecule has 2 heteroatoms. The van der Waals surface area contributed by atoms with Crippen molar-refractivity contribution < 1.29 is 0 Å². The van der Waals surface area contributed by atoms with Gasteiger partial charge in [0.15, 0.2) is 0 Å². The van der Waals surface area contributed by atoms with Crippen LogP contribution in [0.1, 0.15) is 25.1 Å². The van der Waals surface area contributed by atoms with Crippen molar-refractivity contribution in [2.75, 3.05) is 13.1 Å². The van der Waals surface area contributed by atoms with Gasteiger partial charge in [0.05, 0.1) is 0 Å². The minimum Gasteiger partial charge on any atom is -0.316 e. The number of nitrogens with one attached hydrogen (secondary N) is 1. The highest BCUT2D eigenvalue weighted by atomic mass is 32.1. The normalized spacial score (nSPS) is 11.6. The minimum atomic E-state index is 0.245. The Morgan fingerprint density at radius 3 is 2.93 bits per heavy atom. The molecular formula is C12H19NS. The highest BCUT2D eigenvalue weighted by molar-refractivity contribution is 7.10. The average Bonchev–Trinajstić information content (AvgIpc) is 2.65. The summed E-state index contributed by atoms with van der Waals surface area (Å²) < 4.78 is 0. The fourth-order valence-electron chi connectivity index (χ4n) is 1.36. The zero-order chi connectivity index (χ0) is 10.4. The van der Waals surface area contributed by atoms with Crippen molar-refractivity contribution in [2.45, 2.75) is 25.7 Å². The van der Waals surface area contributed by atoms with Crippen molar-refractivity contribution in [3.8, 4) is 0 Å². The summed E-state index contributed by atoms with van der Waals surface area (Å²) in [6.07, 6.45) is 2.99. The summed E-state index contributed by atoms with van der Waals surface area (Å²) in [4.78, 5) is 1.45. The monoisotopic (exact) mass is 209 g/mol. The molecule has 78 valence electrons. The van der Waals surface area contributed by atoms with Crippen LogP contribution >= 0.6 is 11.3 Å². The van der Waals surface area contributed by atoms with E-state index in [0.717, 1.165) is 19.5 Å². The first-order chi connectivity index (χ1) is 6.67. The molecule has 0 spiro atoms. The quantitative estimate of drug-likeness (QED) is 0.560. The van der Waals surface area contributed by atoms with E-state index in [4.69, 9.17) is 0 Å². The SMILES string of the molecule is C=CCCNCC(C)(C)c1cccs1. The van der Waals surface area contributed by atoms with E-state index < -0.39 is 0 Å². The van der Waals surface area contributed by atoms with Gasteiger partial charge in [0, 0.05) is 16.8 Å². The van der Waals surface area contributed by atoms with Crippen LogP contribution < -0.4 is 5.32 Å². The van der Waals surface area contributed by atoms with Crippen LogP contribution in [0.4, 0.5) is 0 Å². The lowest BCUT2D eigenvalue weighted by atomic mass is 9.91. The third kappa shape index (κ3) is 3.28. The number of thiophene rings is 1. The Balaban J connectivity index is 2.38. The smallest absolute Gasteiger partial charge is 0.0115 e. The van der Waals surface area contributed by atoms with Crippen LogP contribution in [0.15, 0.2) is 30.2 Å². The van der Waals surface area contributed by atoms with E-state index >= 15 is 0 Å². The maximum absolute atomic E-state index is 3.71. The predicted molar refractivity (Wildman–Crippen MR) is 65.0 cm³/mol. The summed E-state index contributed by atoms with van der Waals surface area (Å²) in [5, 5.41) is 5.59. The van der Waals surface area contributed by atoms with Crippen LogP contribution in [-0.4, -0.2) is 13.1 Å². The molecule has 0 saturated heterocycles. The Bertz CT molecular complexity index is 262. The van der Waals surface area contributed by atoms with Crippen molar-refractivity contribution in [1.29, 1.82) is 0 Å². The molecule has 1 rings (SSSR count). The molecule has 0 atom stereocenters. The van der Waals surface area contributed by atoms with Gasteiger partial charge in [-0.3, -0.25) is 0 Å². The van der Waals surface area contributed by atoms with Gasteiger partial charge in [-0.25, -0.2) is 0 Å². The molecule has 0 bridgehead atoms. The van der Waals surface area contributed by atoms with Crippen LogP contribution in [0.25, 0.3) is 0 Å². The molecule has 0 aliphatic carbocycles. The van der Waals surface area contributed by atoms with Gasteiger partial charge >= 0.3 is 0 Å². The van der Waals surface area contributed by atoms with Crippen molar-refractivity contribution >= 4 is 11.3 Å². The van der Waals surface area contributed by atoms with Crippen LogP contribution in [-0.2, 0) is 5.41 Å². The Hall–Kier alpha value is -0.600. The first-order valence-electron chi connectivity index (χ1n) is 5.02. The lowest BCUT2D eigenvalue weighted by Gasteiger charge is -2.23. The second-order valence-corrected chi connectivity index (χ2v) is 5.06. The van der Waals surface area contributed by atoms with Gasteiger partial charge in [-0.1, -0.05) is 26.0 Å². The van der Waals surface area contributed by atoms with E-state index in [9.17, 15) is 0 Å². The molecule has 0 aromatic carbocycles. The van der Waals surface area contributed by atoms with E-state index in [1.54, 1.807) is 0 Å². The summed E-state index contributed by atoms with van der Waals surface area (Å²) in [6.45, 7) is 10.3. The number of hydrogen-bond donors (Lipinski definition) is 1. The summed E-state index contributed by atoms with van der Waals surface area (Å²) in [5.74, 6) is 0. The molecule has 1 heterocycles. The van der Waals surface area contributed by atoms with Gasteiger partial charge in [-0.2, -0.15) is 0 Å². The molecule has 0 fully saturated rings. The van der Waals surface area contributed by atoms with E-state index in [1.165, 1.54) is 4.88 Å². The highest BCUT2D eigenvalue weighted by Crippen LogP contribution is 2.26. The van der Waals surface area contributed by atoms with Crippen LogP contribution in [0.5, 0.6) is 0 Å². The summed E-state index contributed by atoms with van der Waals surface area (Å²) >= 11 is 1.83. The molecule has 0 saturated carbocycles. The lowest BCUT2D eigenvalue weighted by Crippen LogP contribution is -2.32. The summed E-state index contributed by atoms with van der Waals surface area (Å²) in [6, 6.07) is 4.32. The first-order valence-corrected chi connectivity index (χ1v) is 5.90. The van der Waals surface area contributed by atoms with Crippen molar-refractivity contribution in [2.24, 2.45) is 0 Å². The predicted octanol–water partition coefficient (Wildman–Crippen LogP) is 3.19. The van der Waals surface area contributed by atoms with Gasteiger partial charge in [-0.05, 0) is 24.4 Å². The van der Waals surface area contributed by atoms with Gasteiger partial charge in [0.1, 0.15) is 0 Å². The van der Waals surface area contributed by atoms with Crippen LogP contribution in [0, 0.1) is 0 Å². The third-order valence-corrected chi connectivity index (χ3v) is 3.52. The zero-order valence-corrected chi connectivity index (χ0v) is 9.86. The fraction of sp³-hybridized carbons (Fsp3) is 0.500. The molecule has 1 N–H and O–H groups in total. The largest absolute Gasteiger partial charge is 0.316 e. The standard InChI is InChI=1S/C12H19NS/c1-4-5-8-13-10-12(2,3)11-7-6-9-14-11/h4,6-7,9,13H,1,5,8,10H2,2-3H3. The van der Waals surface area contributed by atoms with Gasteiger partial charge in [-0.15, -0.1) is 17.9 Å². The van der Waals surface area contributed by atoms with Gasteiger partial charge in [0.2, 0.25) is 0 Å². The average molecular weight is 209 g/mol. The second kappa shape index (κ2) is 5.32. The topological polar surface area (TPSA) is 12.0 Å². The van der Waals surface area contributed by atoms with E-state index in [1.807, 2.05) is 17.4 Å². The molecule has 1 aromatic heterocycles. The molecule has 0 aliphatic heterocycles. The highest BCUT2D eigenvalue weighted by Gasteiger charge is 2.20. The molecule has 1 nitrogen and oxygen atoms in total. The maximum Gasteiger partial charge on any atom is 0.0115 e. The Morgan fingerprint density at radius 1 is 1.57 bits per heavy atom. The number of rotatable bonds is 6. The second-order valence-electron chi connectivity index (χ2n) is 4.12. The fourth-order valence-corrected chi connectivity index (χ4v) is 2.21. The molecule has 0 radical (unpaired) electrons. The van der Waals surface area contributed by atoms with Crippen molar-refractivity contribution in [1.82, 2.24) is 5.32 Å². The Morgan fingerprint density at radius 2 is 2.36 bits per heavy atom. The van der Waals surface area contributed by atoms with E-state index in [2.05, 4.69) is 43.3 Å². The van der Waals surface area contributed by atoms with E-state index in [0.29, 0.717) is 0 Å². The number of hydrogen-bond acceptors (Lipinski definition) is 2. The summed E-state index contributed by atoms with van der Waals surface area (Å²) in [7, 11) is 0. The zero-order valence-electron chi connectivity index (χ0n) is 9.05. The molecule has 0 unspecified atom stereocenters. The molecule has 0 aliphatic rings. The van der Waals surface area contributed by atoms with Crippen molar-refractivity contribution in [3.05, 3.63) is 35.0 Å². The van der Waals surface area contributed by atoms with Gasteiger partial charge < -0.3 is 5.32 Å². The van der Waals surface area contributed by atoms with Gasteiger partial charge in [0.25, 0.3) is 0 Å². The maximum atomic E-state index is 3.71. The first kappa shape index (κ1) is 11.5. The molecular weight excluding hydrogens is 190 g/mol. The van der Waals surface area contributed by atoms with Crippen LogP contribution in [0.3, 0.4) is 0 Å². The molecule has 0 amide bonds. The van der Waals surface area contributed by atoms with E-state index in [-0.39, 0.29) is 5.41 Å². The lowest BCUT2D eigenvalue weighted by molar-refractivity contribution is 0.480. The molecule has 1 aromatic rings. The summed E-state index contributed by atoms with van der Waals surface area (Å²) in [5.41, 5.74) is 0.245. The Kier molecular flexibility index (Phi) is 4.36. The van der Waals surface area contributed by atoms with Crippen molar-refractivity contribution in [3.63, 3.8) is 0 Å².